The number of nitrogens with one attached hydrogen (secondary N) is 1. The molecule has 0 radical (unpaired) electrons. The van der Waals surface area contributed by atoms with E-state index in [-0.39, 0.29) is 6.54 Å². The topological polar surface area (TPSA) is 66.4 Å². The Hall–Kier alpha value is -2.47. The van der Waals surface area contributed by atoms with Crippen molar-refractivity contribution in [3.63, 3.8) is 0 Å². The molecule has 158 valence electrons. The minimum atomic E-state index is -3.77. The predicted molar refractivity (Wildman–Crippen MR) is 122 cm³/mol. The smallest absolute Gasteiger partial charge is 0.241 e. The molecule has 0 saturated carbocycles. The van der Waals surface area contributed by atoms with Crippen LogP contribution >= 0.6 is 0 Å². The summed E-state index contributed by atoms with van der Waals surface area (Å²) in [4.78, 5) is 0.301. The molecule has 0 aliphatic carbocycles. The maximum absolute atomic E-state index is 13.1. The van der Waals surface area contributed by atoms with E-state index in [0.29, 0.717) is 10.5 Å². The Balaban J connectivity index is 1.83. The Morgan fingerprint density at radius 1 is 0.833 bits per heavy atom. The van der Waals surface area contributed by atoms with Gasteiger partial charge < -0.3 is 5.11 Å². The summed E-state index contributed by atoms with van der Waals surface area (Å²) in [6.45, 7) is 8.95. The van der Waals surface area contributed by atoms with Crippen molar-refractivity contribution >= 4 is 10.0 Å². The molecule has 1 atom stereocenters. The zero-order chi connectivity index (χ0) is 22.1. The fraction of sp³-hybridized carbons (Fsp3) is 0.280. The molecule has 0 amide bonds. The highest BCUT2D eigenvalue weighted by Gasteiger charge is 2.28. The van der Waals surface area contributed by atoms with Crippen molar-refractivity contribution in [2.45, 2.75) is 45.1 Å². The lowest BCUT2D eigenvalue weighted by molar-refractivity contribution is 0.0627. The molecular formula is C25H29NO3S. The van der Waals surface area contributed by atoms with Gasteiger partial charge in [-0.05, 0) is 73.6 Å². The molecular weight excluding hydrogens is 394 g/mol. The van der Waals surface area contributed by atoms with Gasteiger partial charge in [-0.3, -0.25) is 0 Å². The van der Waals surface area contributed by atoms with Gasteiger partial charge in [0.15, 0.2) is 0 Å². The molecule has 0 saturated heterocycles. The first-order valence-electron chi connectivity index (χ1n) is 9.98. The summed E-state index contributed by atoms with van der Waals surface area (Å²) in [7, 11) is -3.77. The van der Waals surface area contributed by atoms with Crippen LogP contribution in [0.1, 0.15) is 34.7 Å². The molecule has 0 aliphatic rings. The molecule has 3 rings (SSSR count). The van der Waals surface area contributed by atoms with Crippen molar-refractivity contribution < 1.29 is 13.5 Å². The fourth-order valence-corrected chi connectivity index (χ4v) is 5.39. The summed E-state index contributed by atoms with van der Waals surface area (Å²) in [6.07, 6.45) is 0. The third-order valence-electron chi connectivity index (χ3n) is 5.79. The molecule has 4 nitrogen and oxygen atoms in total. The Kier molecular flexibility index (Phi) is 6.18. The summed E-state index contributed by atoms with van der Waals surface area (Å²) in [5, 5.41) is 11.0. The van der Waals surface area contributed by atoms with Crippen molar-refractivity contribution in [2.75, 3.05) is 6.54 Å². The maximum atomic E-state index is 13.1. The SMILES string of the molecule is Cc1cc(C)c(C)c(S(=O)(=O)NCC(C)(O)c2ccc(-c3ccccc3)cc2)c1C. The van der Waals surface area contributed by atoms with Gasteiger partial charge in [0.1, 0.15) is 5.60 Å². The van der Waals surface area contributed by atoms with E-state index in [2.05, 4.69) is 4.72 Å². The Morgan fingerprint density at radius 2 is 1.33 bits per heavy atom. The van der Waals surface area contributed by atoms with E-state index in [9.17, 15) is 13.5 Å². The zero-order valence-electron chi connectivity index (χ0n) is 18.2. The monoisotopic (exact) mass is 423 g/mol. The molecule has 30 heavy (non-hydrogen) atoms. The quantitative estimate of drug-likeness (QED) is 0.600. The van der Waals surface area contributed by atoms with Crippen LogP contribution < -0.4 is 4.72 Å². The summed E-state index contributed by atoms with van der Waals surface area (Å²) in [6, 6.07) is 19.5. The number of benzene rings is 3. The van der Waals surface area contributed by atoms with Crippen molar-refractivity contribution in [3.8, 4) is 11.1 Å². The molecule has 0 fully saturated rings. The van der Waals surface area contributed by atoms with E-state index in [1.165, 1.54) is 0 Å². The lowest BCUT2D eigenvalue weighted by Gasteiger charge is -2.25. The first-order valence-corrected chi connectivity index (χ1v) is 11.5. The molecule has 1 unspecified atom stereocenters. The summed E-state index contributed by atoms with van der Waals surface area (Å²) >= 11 is 0. The summed E-state index contributed by atoms with van der Waals surface area (Å²) in [5.41, 5.74) is 4.77. The van der Waals surface area contributed by atoms with Crippen LogP contribution in [0.2, 0.25) is 0 Å². The molecule has 3 aromatic carbocycles. The number of hydrogen-bond donors (Lipinski definition) is 2. The average molecular weight is 424 g/mol. The van der Waals surface area contributed by atoms with Crippen LogP contribution in [0.5, 0.6) is 0 Å². The molecule has 0 bridgehead atoms. The number of aryl methyl sites for hydroxylation is 2. The molecule has 3 aromatic rings. The zero-order valence-corrected chi connectivity index (χ0v) is 19.0. The highest BCUT2D eigenvalue weighted by Crippen LogP contribution is 2.28. The third kappa shape index (κ3) is 4.48. The van der Waals surface area contributed by atoms with Crippen molar-refractivity contribution in [1.29, 1.82) is 0 Å². The molecule has 5 heteroatoms. The summed E-state index contributed by atoms with van der Waals surface area (Å²) < 4.78 is 28.8. The second kappa shape index (κ2) is 8.34. The Bertz CT molecular complexity index is 1120. The van der Waals surface area contributed by atoms with Crippen LogP contribution in [0.15, 0.2) is 65.6 Å². The average Bonchev–Trinajstić information content (AvgIpc) is 2.72. The van der Waals surface area contributed by atoms with Gasteiger partial charge in [-0.15, -0.1) is 0 Å². The molecule has 0 heterocycles. The number of rotatable bonds is 6. The summed E-state index contributed by atoms with van der Waals surface area (Å²) in [5.74, 6) is 0. The van der Waals surface area contributed by atoms with Gasteiger partial charge in [0.05, 0.1) is 4.90 Å². The second-order valence-electron chi connectivity index (χ2n) is 8.13. The lowest BCUT2D eigenvalue weighted by atomic mass is 9.94. The minimum absolute atomic E-state index is 0.119. The molecule has 0 aliphatic heterocycles. The van der Waals surface area contributed by atoms with Crippen LogP contribution in [0.4, 0.5) is 0 Å². The second-order valence-corrected chi connectivity index (χ2v) is 9.84. The first kappa shape index (κ1) is 22.2. The largest absolute Gasteiger partial charge is 0.384 e. The van der Waals surface area contributed by atoms with E-state index < -0.39 is 15.6 Å². The molecule has 0 aromatic heterocycles. The minimum Gasteiger partial charge on any atom is -0.384 e. The standard InChI is InChI=1S/C25H29NO3S/c1-17-15-18(2)20(4)24(19(17)3)30(28,29)26-16-25(5,27)23-13-11-22(12-14-23)21-9-7-6-8-10-21/h6-15,26-27H,16H2,1-5H3. The molecule has 2 N–H and O–H groups in total. The van der Waals surface area contributed by atoms with E-state index in [0.717, 1.165) is 33.4 Å². The lowest BCUT2D eigenvalue weighted by Crippen LogP contribution is -2.39. The van der Waals surface area contributed by atoms with Crippen LogP contribution in [0.3, 0.4) is 0 Å². The normalized spacial score (nSPS) is 13.8. The van der Waals surface area contributed by atoms with Crippen LogP contribution in [-0.2, 0) is 15.6 Å². The van der Waals surface area contributed by atoms with Gasteiger partial charge in [0, 0.05) is 6.54 Å². The van der Waals surface area contributed by atoms with E-state index in [1.807, 2.05) is 88.4 Å². The van der Waals surface area contributed by atoms with E-state index in [4.69, 9.17) is 0 Å². The van der Waals surface area contributed by atoms with Gasteiger partial charge in [-0.1, -0.05) is 60.7 Å². The number of hydrogen-bond acceptors (Lipinski definition) is 3. The van der Waals surface area contributed by atoms with Crippen molar-refractivity contribution in [1.82, 2.24) is 4.72 Å². The highest BCUT2D eigenvalue weighted by atomic mass is 32.2. The van der Waals surface area contributed by atoms with Crippen molar-refractivity contribution in [3.05, 3.63) is 88.5 Å². The van der Waals surface area contributed by atoms with E-state index >= 15 is 0 Å². The predicted octanol–water partition coefficient (Wildman–Crippen LogP) is 4.77. The van der Waals surface area contributed by atoms with E-state index in [1.54, 1.807) is 6.92 Å². The van der Waals surface area contributed by atoms with Crippen molar-refractivity contribution in [2.24, 2.45) is 0 Å². The highest BCUT2D eigenvalue weighted by molar-refractivity contribution is 7.89. The maximum Gasteiger partial charge on any atom is 0.241 e. The fourth-order valence-electron chi connectivity index (χ4n) is 3.65. The first-order chi connectivity index (χ1) is 14.0. The van der Waals surface area contributed by atoms with Gasteiger partial charge >= 0.3 is 0 Å². The third-order valence-corrected chi connectivity index (χ3v) is 7.46. The number of aliphatic hydroxyl groups is 1. The van der Waals surface area contributed by atoms with Gasteiger partial charge in [-0.25, -0.2) is 13.1 Å². The molecule has 0 spiro atoms. The number of sulfonamides is 1. The Morgan fingerprint density at radius 3 is 1.87 bits per heavy atom. The van der Waals surface area contributed by atoms with Gasteiger partial charge in [0.25, 0.3) is 0 Å². The van der Waals surface area contributed by atoms with Gasteiger partial charge in [-0.2, -0.15) is 0 Å². The Labute approximate surface area is 179 Å². The van der Waals surface area contributed by atoms with Crippen LogP contribution in [0.25, 0.3) is 11.1 Å². The van der Waals surface area contributed by atoms with Gasteiger partial charge in [0.2, 0.25) is 10.0 Å². The van der Waals surface area contributed by atoms with Crippen LogP contribution in [-0.4, -0.2) is 20.1 Å². The van der Waals surface area contributed by atoms with Crippen LogP contribution in [0, 0.1) is 27.7 Å².